The molecule has 0 spiro atoms. The van der Waals surface area contributed by atoms with Crippen LogP contribution in [0.3, 0.4) is 0 Å². The minimum Gasteiger partial charge on any atom is -0.330 e. The predicted octanol–water partition coefficient (Wildman–Crippen LogP) is 0.497. The molecular weight excluding hydrogens is 314 g/mol. The predicted molar refractivity (Wildman–Crippen MR) is 90.2 cm³/mol. The Kier molecular flexibility index (Phi) is 4.41. The molecule has 0 atom stereocenters. The van der Waals surface area contributed by atoms with Crippen molar-refractivity contribution in [1.82, 2.24) is 23.1 Å². The smallest absolute Gasteiger partial charge is 0.281 e. The van der Waals surface area contributed by atoms with E-state index in [1.54, 1.807) is 18.4 Å². The van der Waals surface area contributed by atoms with Crippen molar-refractivity contribution in [1.29, 1.82) is 0 Å². The van der Waals surface area contributed by atoms with Gasteiger partial charge >= 0.3 is 0 Å². The van der Waals surface area contributed by atoms with Crippen molar-refractivity contribution in [3.05, 3.63) is 30.1 Å². The van der Waals surface area contributed by atoms with Gasteiger partial charge in [0.05, 0.1) is 17.6 Å². The van der Waals surface area contributed by atoms with Crippen LogP contribution in [0.25, 0.3) is 11.0 Å². The summed E-state index contributed by atoms with van der Waals surface area (Å²) in [6, 6.07) is 8.08. The van der Waals surface area contributed by atoms with Crippen LogP contribution in [-0.2, 0) is 23.8 Å². The van der Waals surface area contributed by atoms with E-state index in [9.17, 15) is 8.42 Å². The maximum atomic E-state index is 12.1. The molecule has 1 saturated heterocycles. The average Bonchev–Trinajstić information content (AvgIpc) is 2.84. The molecule has 2 heterocycles. The molecule has 1 aliphatic rings. The van der Waals surface area contributed by atoms with Crippen LogP contribution in [0.4, 0.5) is 0 Å². The van der Waals surface area contributed by atoms with Gasteiger partial charge in [-0.3, -0.25) is 4.90 Å². The summed E-state index contributed by atoms with van der Waals surface area (Å²) in [6.45, 7) is 3.21. The van der Waals surface area contributed by atoms with Crippen LogP contribution in [0.1, 0.15) is 5.82 Å². The molecule has 0 aliphatic carbocycles. The highest BCUT2D eigenvalue weighted by atomic mass is 32.2. The molecule has 0 amide bonds. The second kappa shape index (κ2) is 6.20. The van der Waals surface area contributed by atoms with E-state index in [4.69, 9.17) is 0 Å². The Morgan fingerprint density at radius 3 is 2.39 bits per heavy atom. The van der Waals surface area contributed by atoms with Gasteiger partial charge in [-0.25, -0.2) is 4.98 Å². The summed E-state index contributed by atoms with van der Waals surface area (Å²) in [5, 5.41) is 0. The van der Waals surface area contributed by atoms with Gasteiger partial charge in [0.15, 0.2) is 0 Å². The normalized spacial score (nSPS) is 18.1. The number of piperazine rings is 1. The zero-order valence-corrected chi connectivity index (χ0v) is 14.6. The van der Waals surface area contributed by atoms with E-state index < -0.39 is 10.2 Å². The summed E-state index contributed by atoms with van der Waals surface area (Å²) < 4.78 is 29.2. The first-order valence-electron chi connectivity index (χ1n) is 7.70. The molecule has 23 heavy (non-hydrogen) atoms. The van der Waals surface area contributed by atoms with E-state index in [0.29, 0.717) is 13.1 Å². The molecule has 7 nitrogen and oxygen atoms in total. The fraction of sp³-hybridized carbons (Fsp3) is 0.533. The lowest BCUT2D eigenvalue weighted by Crippen LogP contribution is -2.51. The zero-order valence-electron chi connectivity index (χ0n) is 13.8. The van der Waals surface area contributed by atoms with Gasteiger partial charge in [0.1, 0.15) is 5.82 Å². The molecule has 0 bridgehead atoms. The number of aryl methyl sites for hydroxylation is 1. The van der Waals surface area contributed by atoms with E-state index >= 15 is 0 Å². The number of aromatic nitrogens is 2. The zero-order chi connectivity index (χ0) is 16.6. The first-order valence-corrected chi connectivity index (χ1v) is 9.09. The van der Waals surface area contributed by atoms with E-state index in [0.717, 1.165) is 36.5 Å². The number of nitrogens with zero attached hydrogens (tertiary/aromatic N) is 5. The quantitative estimate of drug-likeness (QED) is 0.815. The molecule has 0 saturated carbocycles. The Labute approximate surface area is 137 Å². The molecule has 126 valence electrons. The van der Waals surface area contributed by atoms with Crippen molar-refractivity contribution >= 4 is 21.2 Å². The van der Waals surface area contributed by atoms with Crippen molar-refractivity contribution in [2.45, 2.75) is 6.54 Å². The van der Waals surface area contributed by atoms with Gasteiger partial charge in [0, 0.05) is 47.3 Å². The molecule has 1 aliphatic heterocycles. The first-order chi connectivity index (χ1) is 10.9. The summed E-state index contributed by atoms with van der Waals surface area (Å²) in [7, 11) is 1.86. The van der Waals surface area contributed by atoms with Crippen LogP contribution in [0.5, 0.6) is 0 Å². The number of hydrogen-bond acceptors (Lipinski definition) is 4. The Bertz CT molecular complexity index is 791. The number of imidazole rings is 1. The molecule has 0 radical (unpaired) electrons. The monoisotopic (exact) mass is 337 g/mol. The fourth-order valence-corrected chi connectivity index (χ4v) is 3.97. The fourth-order valence-electron chi connectivity index (χ4n) is 2.89. The standard InChI is InChI=1S/C15H23N5O2S/c1-17(2)23(21,22)20-10-8-19(9-11-20)12-15-16-13-6-4-5-7-14(13)18(15)3/h4-7H,8-12H2,1-3H3. The summed E-state index contributed by atoms with van der Waals surface area (Å²) >= 11 is 0. The van der Waals surface area contributed by atoms with Crippen LogP contribution < -0.4 is 0 Å². The number of benzene rings is 1. The second-order valence-electron chi connectivity index (χ2n) is 6.04. The van der Waals surface area contributed by atoms with Crippen molar-refractivity contribution in [2.24, 2.45) is 7.05 Å². The minimum absolute atomic E-state index is 0.518. The second-order valence-corrected chi connectivity index (χ2v) is 8.18. The summed E-state index contributed by atoms with van der Waals surface area (Å²) in [5.74, 6) is 1.01. The van der Waals surface area contributed by atoms with Crippen LogP contribution in [0.2, 0.25) is 0 Å². The van der Waals surface area contributed by atoms with Gasteiger partial charge in [-0.05, 0) is 12.1 Å². The third-order valence-corrected chi connectivity index (χ3v) is 6.30. The van der Waals surface area contributed by atoms with Gasteiger partial charge in [-0.15, -0.1) is 0 Å². The van der Waals surface area contributed by atoms with E-state index in [1.165, 1.54) is 4.31 Å². The van der Waals surface area contributed by atoms with Gasteiger partial charge in [0.25, 0.3) is 10.2 Å². The molecule has 0 unspecified atom stereocenters. The highest BCUT2D eigenvalue weighted by Crippen LogP contribution is 2.17. The highest BCUT2D eigenvalue weighted by molar-refractivity contribution is 7.86. The number of para-hydroxylation sites is 2. The lowest BCUT2D eigenvalue weighted by molar-refractivity contribution is 0.173. The van der Waals surface area contributed by atoms with Crippen LogP contribution in [0, 0.1) is 0 Å². The maximum absolute atomic E-state index is 12.1. The average molecular weight is 337 g/mol. The van der Waals surface area contributed by atoms with E-state index in [1.807, 2.05) is 25.2 Å². The lowest BCUT2D eigenvalue weighted by Gasteiger charge is -2.34. The minimum atomic E-state index is -3.31. The summed E-state index contributed by atoms with van der Waals surface area (Å²) in [5.41, 5.74) is 2.12. The molecule has 3 rings (SSSR count). The topological polar surface area (TPSA) is 61.7 Å². The molecule has 8 heteroatoms. The Morgan fingerprint density at radius 2 is 1.78 bits per heavy atom. The molecular formula is C15H23N5O2S. The van der Waals surface area contributed by atoms with Gasteiger partial charge in [0.2, 0.25) is 0 Å². The molecule has 1 aromatic carbocycles. The Hall–Kier alpha value is -1.48. The third kappa shape index (κ3) is 3.12. The van der Waals surface area contributed by atoms with Gasteiger partial charge in [-0.1, -0.05) is 12.1 Å². The number of hydrogen-bond donors (Lipinski definition) is 0. The highest BCUT2D eigenvalue weighted by Gasteiger charge is 2.28. The van der Waals surface area contributed by atoms with Crippen LogP contribution in [-0.4, -0.2) is 71.8 Å². The first kappa shape index (κ1) is 16.4. The summed E-state index contributed by atoms with van der Waals surface area (Å²) in [4.78, 5) is 6.94. The molecule has 0 N–H and O–H groups in total. The van der Waals surface area contributed by atoms with E-state index in [-0.39, 0.29) is 0 Å². The van der Waals surface area contributed by atoms with Crippen molar-refractivity contribution in [3.8, 4) is 0 Å². The third-order valence-electron chi connectivity index (χ3n) is 4.36. The SMILES string of the molecule is CN(C)S(=O)(=O)N1CCN(Cc2nc3ccccc3n2C)CC1. The van der Waals surface area contributed by atoms with Gasteiger partial charge < -0.3 is 4.57 Å². The van der Waals surface area contributed by atoms with E-state index in [2.05, 4.69) is 20.5 Å². The molecule has 1 aromatic heterocycles. The maximum Gasteiger partial charge on any atom is 0.281 e. The lowest BCUT2D eigenvalue weighted by atomic mass is 10.3. The largest absolute Gasteiger partial charge is 0.330 e. The van der Waals surface area contributed by atoms with Crippen molar-refractivity contribution in [3.63, 3.8) is 0 Å². The molecule has 1 fully saturated rings. The van der Waals surface area contributed by atoms with Gasteiger partial charge in [-0.2, -0.15) is 17.0 Å². The number of fused-ring (bicyclic) bond motifs is 1. The number of rotatable bonds is 4. The van der Waals surface area contributed by atoms with Crippen molar-refractivity contribution in [2.75, 3.05) is 40.3 Å². The summed E-state index contributed by atoms with van der Waals surface area (Å²) in [6.07, 6.45) is 0. The van der Waals surface area contributed by atoms with Crippen molar-refractivity contribution < 1.29 is 8.42 Å². The van der Waals surface area contributed by atoms with Crippen LogP contribution >= 0.6 is 0 Å². The van der Waals surface area contributed by atoms with Crippen LogP contribution in [0.15, 0.2) is 24.3 Å². The Balaban J connectivity index is 1.68. The Morgan fingerprint density at radius 1 is 1.13 bits per heavy atom. The molecule has 2 aromatic rings.